The lowest BCUT2D eigenvalue weighted by Gasteiger charge is -2.34. The van der Waals surface area contributed by atoms with E-state index in [0.717, 1.165) is 101 Å². The van der Waals surface area contributed by atoms with E-state index < -0.39 is 0 Å². The SMILES string of the molecule is CN1CCN(Cc2ccc(NC(=O)Nc3ccc(-c4nc(N5CC6CCC(C5)O6)cc(N5C[C@H]6C[C@@H]5CO6)n4)cc3)cc2)CC1. The summed E-state index contributed by atoms with van der Waals surface area (Å²) in [5.41, 5.74) is 3.64. The Morgan fingerprint density at radius 2 is 1.51 bits per heavy atom. The first-order chi connectivity index (χ1) is 22.0. The zero-order valence-corrected chi connectivity index (χ0v) is 25.9. The van der Waals surface area contributed by atoms with Gasteiger partial charge in [-0.25, -0.2) is 14.8 Å². The van der Waals surface area contributed by atoms with Gasteiger partial charge < -0.3 is 34.8 Å². The van der Waals surface area contributed by atoms with E-state index >= 15 is 0 Å². The third-order valence-corrected chi connectivity index (χ3v) is 9.88. The van der Waals surface area contributed by atoms with Crippen molar-refractivity contribution in [1.29, 1.82) is 0 Å². The molecule has 45 heavy (non-hydrogen) atoms. The predicted molar refractivity (Wildman–Crippen MR) is 175 cm³/mol. The van der Waals surface area contributed by atoms with Crippen LogP contribution in [-0.4, -0.2) is 110 Å². The summed E-state index contributed by atoms with van der Waals surface area (Å²) in [6.45, 7) is 8.64. The zero-order valence-electron chi connectivity index (χ0n) is 25.9. The topological polar surface area (TPSA) is 98.3 Å². The molecule has 5 aliphatic heterocycles. The normalized spacial score (nSPS) is 26.4. The summed E-state index contributed by atoms with van der Waals surface area (Å²) in [6, 6.07) is 18.1. The van der Waals surface area contributed by atoms with Crippen molar-refractivity contribution in [3.05, 3.63) is 60.2 Å². The monoisotopic (exact) mass is 610 g/mol. The maximum Gasteiger partial charge on any atom is 0.323 e. The number of amides is 2. The minimum absolute atomic E-state index is 0.275. The van der Waals surface area contributed by atoms with Gasteiger partial charge in [0.05, 0.1) is 31.0 Å². The Morgan fingerprint density at radius 1 is 0.844 bits per heavy atom. The number of nitrogens with zero attached hydrogens (tertiary/aromatic N) is 6. The second-order valence-corrected chi connectivity index (χ2v) is 13.2. The fourth-order valence-electron chi connectivity index (χ4n) is 7.30. The largest absolute Gasteiger partial charge is 0.374 e. The highest BCUT2D eigenvalue weighted by Crippen LogP contribution is 2.36. The van der Waals surface area contributed by atoms with Crippen molar-refractivity contribution in [2.45, 2.75) is 50.2 Å². The fraction of sp³-hybridized carbons (Fsp3) is 0.500. The predicted octanol–water partition coefficient (Wildman–Crippen LogP) is 3.88. The number of aromatic nitrogens is 2. The molecule has 0 saturated carbocycles. The molecule has 0 spiro atoms. The number of urea groups is 1. The molecule has 3 aromatic rings. The van der Waals surface area contributed by atoms with Crippen LogP contribution in [0.1, 0.15) is 24.8 Å². The van der Waals surface area contributed by atoms with E-state index in [9.17, 15) is 4.79 Å². The number of hydrogen-bond acceptors (Lipinski definition) is 9. The number of carbonyl (C=O) groups is 1. The van der Waals surface area contributed by atoms with Crippen LogP contribution in [0.25, 0.3) is 11.4 Å². The molecule has 236 valence electrons. The van der Waals surface area contributed by atoms with Gasteiger partial charge >= 0.3 is 6.03 Å². The van der Waals surface area contributed by atoms with Crippen molar-refractivity contribution in [1.82, 2.24) is 19.8 Å². The van der Waals surface area contributed by atoms with Crippen LogP contribution in [0, 0.1) is 0 Å². The molecule has 5 aliphatic rings. The summed E-state index contributed by atoms with van der Waals surface area (Å²) in [5, 5.41) is 5.91. The maximum atomic E-state index is 12.8. The van der Waals surface area contributed by atoms with Gasteiger partial charge in [-0.05, 0) is 68.3 Å². The molecule has 0 aliphatic carbocycles. The highest BCUT2D eigenvalue weighted by molar-refractivity contribution is 5.99. The Balaban J connectivity index is 0.936. The average Bonchev–Trinajstić information content (AvgIpc) is 3.79. The first-order valence-electron chi connectivity index (χ1n) is 16.4. The summed E-state index contributed by atoms with van der Waals surface area (Å²) in [5.74, 6) is 2.61. The first kappa shape index (κ1) is 28.7. The van der Waals surface area contributed by atoms with Gasteiger partial charge in [-0.2, -0.15) is 0 Å². The number of nitrogens with one attached hydrogen (secondary N) is 2. The van der Waals surface area contributed by atoms with Crippen molar-refractivity contribution in [2.24, 2.45) is 0 Å². The van der Waals surface area contributed by atoms with Gasteiger partial charge in [0.2, 0.25) is 0 Å². The molecule has 5 saturated heterocycles. The smallest absolute Gasteiger partial charge is 0.323 e. The van der Waals surface area contributed by atoms with Crippen LogP contribution in [0.2, 0.25) is 0 Å². The molecular formula is C34H42N8O3. The summed E-state index contributed by atoms with van der Waals surface area (Å²) in [7, 11) is 2.17. The molecule has 11 heteroatoms. The number of benzene rings is 2. The Morgan fingerprint density at radius 3 is 2.16 bits per heavy atom. The number of anilines is 4. The summed E-state index contributed by atoms with van der Waals surface area (Å²) >= 11 is 0. The summed E-state index contributed by atoms with van der Waals surface area (Å²) < 4.78 is 12.0. The number of hydrogen-bond donors (Lipinski definition) is 2. The van der Waals surface area contributed by atoms with Crippen LogP contribution in [0.3, 0.4) is 0 Å². The molecule has 4 atom stereocenters. The van der Waals surface area contributed by atoms with Crippen LogP contribution in [0.4, 0.5) is 27.8 Å². The maximum absolute atomic E-state index is 12.8. The van der Waals surface area contributed by atoms with E-state index in [1.807, 2.05) is 36.4 Å². The lowest BCUT2D eigenvalue weighted by molar-refractivity contribution is 0.0302. The van der Waals surface area contributed by atoms with Crippen molar-refractivity contribution >= 4 is 29.0 Å². The Labute approximate surface area is 264 Å². The van der Waals surface area contributed by atoms with Crippen molar-refractivity contribution in [3.63, 3.8) is 0 Å². The molecule has 2 aromatic carbocycles. The average molecular weight is 611 g/mol. The van der Waals surface area contributed by atoms with Crippen LogP contribution < -0.4 is 20.4 Å². The third kappa shape index (κ3) is 6.35. The van der Waals surface area contributed by atoms with E-state index in [1.165, 1.54) is 5.56 Å². The van der Waals surface area contributed by atoms with Gasteiger partial charge in [-0.3, -0.25) is 4.90 Å². The van der Waals surface area contributed by atoms with Crippen LogP contribution in [-0.2, 0) is 16.0 Å². The Kier molecular flexibility index (Phi) is 7.78. The van der Waals surface area contributed by atoms with Gasteiger partial charge in [0.25, 0.3) is 0 Å². The van der Waals surface area contributed by atoms with Crippen molar-refractivity contribution in [3.8, 4) is 11.4 Å². The van der Waals surface area contributed by atoms with Gasteiger partial charge in [0.1, 0.15) is 11.6 Å². The number of piperazine rings is 1. The molecule has 4 bridgehead atoms. The van der Waals surface area contributed by atoms with Crippen molar-refractivity contribution in [2.75, 3.05) is 79.9 Å². The highest BCUT2D eigenvalue weighted by Gasteiger charge is 2.40. The number of likely N-dealkylation sites (N-methyl/N-ethyl adjacent to an activating group) is 1. The number of rotatable bonds is 7. The highest BCUT2D eigenvalue weighted by atomic mass is 16.5. The van der Waals surface area contributed by atoms with E-state index in [2.05, 4.69) is 55.5 Å². The van der Waals surface area contributed by atoms with E-state index in [0.29, 0.717) is 17.6 Å². The number of carbonyl (C=O) groups excluding carboxylic acids is 1. The minimum atomic E-state index is -0.275. The number of morpholine rings is 2. The van der Waals surface area contributed by atoms with Gasteiger partial charge in [-0.15, -0.1) is 0 Å². The lowest BCUT2D eigenvalue weighted by Crippen LogP contribution is -2.43. The van der Waals surface area contributed by atoms with E-state index in [-0.39, 0.29) is 24.3 Å². The van der Waals surface area contributed by atoms with E-state index in [4.69, 9.17) is 19.4 Å². The molecule has 2 unspecified atom stereocenters. The Hall–Kier alpha value is -3.77. The molecule has 6 heterocycles. The molecule has 2 amide bonds. The molecule has 11 nitrogen and oxygen atoms in total. The zero-order chi connectivity index (χ0) is 30.3. The van der Waals surface area contributed by atoms with Crippen LogP contribution in [0.15, 0.2) is 54.6 Å². The summed E-state index contributed by atoms with van der Waals surface area (Å²) in [6.07, 6.45) is 4.12. The minimum Gasteiger partial charge on any atom is -0.374 e. The fourth-order valence-corrected chi connectivity index (χ4v) is 7.30. The van der Waals surface area contributed by atoms with Gasteiger partial charge in [-0.1, -0.05) is 12.1 Å². The molecular weight excluding hydrogens is 568 g/mol. The van der Waals surface area contributed by atoms with Gasteiger partial charge in [0, 0.05) is 75.4 Å². The van der Waals surface area contributed by atoms with Gasteiger partial charge in [0.15, 0.2) is 5.82 Å². The third-order valence-electron chi connectivity index (χ3n) is 9.88. The Bertz CT molecular complexity index is 1500. The summed E-state index contributed by atoms with van der Waals surface area (Å²) in [4.78, 5) is 32.5. The standard InChI is InChI=1S/C34H42N8O3/c1-39-12-14-40(15-13-39)18-23-2-6-25(7-3-23)35-34(43)36-26-8-4-24(5-9-26)33-37-31(41-19-28-10-11-29(20-41)45-28)17-32(38-33)42-21-30-16-27(42)22-44-30/h2-9,17,27-30H,10-16,18-22H2,1H3,(H2,35,36,43)/t27-,28?,29?,30-/m1/s1. The number of fused-ring (bicyclic) bond motifs is 4. The van der Waals surface area contributed by atoms with Crippen LogP contribution in [0.5, 0.6) is 0 Å². The molecule has 8 rings (SSSR count). The van der Waals surface area contributed by atoms with E-state index in [1.54, 1.807) is 0 Å². The molecule has 1 aromatic heterocycles. The second-order valence-electron chi connectivity index (χ2n) is 13.2. The second kappa shape index (κ2) is 12.2. The van der Waals surface area contributed by atoms with Crippen LogP contribution >= 0.6 is 0 Å². The van der Waals surface area contributed by atoms with Crippen molar-refractivity contribution < 1.29 is 14.3 Å². The molecule has 5 fully saturated rings. The first-order valence-corrected chi connectivity index (χ1v) is 16.4. The quantitative estimate of drug-likeness (QED) is 0.413. The molecule has 2 N–H and O–H groups in total. The lowest BCUT2D eigenvalue weighted by atomic mass is 10.1. The number of ether oxygens (including phenoxy) is 2. The molecule has 0 radical (unpaired) electrons.